The summed E-state index contributed by atoms with van der Waals surface area (Å²) in [7, 11) is 0. The molecule has 0 amide bonds. The maximum absolute atomic E-state index is 5.42. The molecule has 0 saturated heterocycles. The van der Waals surface area contributed by atoms with Gasteiger partial charge in [-0.3, -0.25) is 0 Å². The predicted molar refractivity (Wildman–Crippen MR) is 116 cm³/mol. The molecule has 6 nitrogen and oxygen atoms in total. The van der Waals surface area contributed by atoms with Gasteiger partial charge in [0.25, 0.3) is 0 Å². The van der Waals surface area contributed by atoms with Crippen LogP contribution in [-0.4, -0.2) is 26.7 Å². The normalized spacial score (nSPS) is 13.7. The van der Waals surface area contributed by atoms with Gasteiger partial charge < -0.3 is 29.6 Å². The Bertz CT molecular complexity index is 744. The fourth-order valence-electron chi connectivity index (χ4n) is 3.77. The van der Waals surface area contributed by atoms with Crippen molar-refractivity contribution in [2.45, 2.75) is 51.6 Å². The van der Waals surface area contributed by atoms with Crippen LogP contribution < -0.4 is 29.6 Å². The van der Waals surface area contributed by atoms with Crippen molar-refractivity contribution in [2.75, 3.05) is 26.7 Å². The fraction of sp³-hybridized carbons (Fsp3) is 0.500. The third kappa shape index (κ3) is 6.03. The topological polar surface area (TPSA) is 61.0 Å². The van der Waals surface area contributed by atoms with Crippen LogP contribution >= 0.6 is 0 Å². The molecule has 0 atom stereocenters. The van der Waals surface area contributed by atoms with Crippen molar-refractivity contribution < 1.29 is 18.9 Å². The quantitative estimate of drug-likeness (QED) is 0.477. The molecule has 2 heterocycles. The molecule has 0 spiro atoms. The molecule has 0 radical (unpaired) electrons. The summed E-state index contributed by atoms with van der Waals surface area (Å²) in [5.74, 6) is 3.42. The summed E-state index contributed by atoms with van der Waals surface area (Å²) in [6, 6.07) is 12.3. The molecule has 2 aromatic carbocycles. The first-order valence-corrected chi connectivity index (χ1v) is 11.1. The summed E-state index contributed by atoms with van der Waals surface area (Å²) in [5.41, 5.74) is 2.49. The van der Waals surface area contributed by atoms with Gasteiger partial charge in [-0.1, -0.05) is 37.8 Å². The third-order valence-corrected chi connectivity index (χ3v) is 5.49. The fourth-order valence-corrected chi connectivity index (χ4v) is 3.77. The van der Waals surface area contributed by atoms with Crippen molar-refractivity contribution in [3.8, 4) is 23.0 Å². The second-order valence-electron chi connectivity index (χ2n) is 7.85. The molecule has 6 heteroatoms. The van der Waals surface area contributed by atoms with Crippen LogP contribution in [0, 0.1) is 0 Å². The summed E-state index contributed by atoms with van der Waals surface area (Å²) in [4.78, 5) is 0. The maximum atomic E-state index is 5.42. The molecule has 2 aliphatic rings. The monoisotopic (exact) mass is 412 g/mol. The van der Waals surface area contributed by atoms with E-state index in [1.807, 2.05) is 12.1 Å². The number of rotatable bonds is 13. The highest BCUT2D eigenvalue weighted by Gasteiger charge is 2.13. The van der Waals surface area contributed by atoms with E-state index >= 15 is 0 Å². The van der Waals surface area contributed by atoms with Gasteiger partial charge in [-0.15, -0.1) is 0 Å². The van der Waals surface area contributed by atoms with Crippen LogP contribution in [0.4, 0.5) is 0 Å². The predicted octanol–water partition coefficient (Wildman–Crippen LogP) is 4.36. The number of benzene rings is 2. The van der Waals surface area contributed by atoms with Crippen molar-refractivity contribution in [2.24, 2.45) is 0 Å². The Morgan fingerprint density at radius 1 is 0.533 bits per heavy atom. The summed E-state index contributed by atoms with van der Waals surface area (Å²) in [6.07, 6.45) is 7.67. The van der Waals surface area contributed by atoms with E-state index in [0.717, 1.165) is 49.2 Å². The number of unbranched alkanes of at least 4 members (excludes halogenated alkanes) is 5. The van der Waals surface area contributed by atoms with Gasteiger partial charge in [-0.25, -0.2) is 0 Å². The highest BCUT2D eigenvalue weighted by molar-refractivity contribution is 5.45. The Labute approximate surface area is 178 Å². The van der Waals surface area contributed by atoms with Gasteiger partial charge in [-0.2, -0.15) is 0 Å². The molecule has 0 fully saturated rings. The molecule has 0 bridgehead atoms. The zero-order chi connectivity index (χ0) is 20.4. The highest BCUT2D eigenvalue weighted by atomic mass is 16.7. The van der Waals surface area contributed by atoms with E-state index in [1.165, 1.54) is 49.7 Å². The van der Waals surface area contributed by atoms with Gasteiger partial charge >= 0.3 is 0 Å². The lowest BCUT2D eigenvalue weighted by Gasteiger charge is -2.07. The van der Waals surface area contributed by atoms with Crippen molar-refractivity contribution in [1.29, 1.82) is 0 Å². The van der Waals surface area contributed by atoms with Crippen molar-refractivity contribution in [1.82, 2.24) is 10.6 Å². The standard InChI is InChI=1S/C24H32N2O4/c1(3-5-11-25-15-19-7-9-21-23(13-19)29-17-27-21)2-4-6-12-26-16-20-8-10-22-24(14-20)30-18-28-22/h7-10,13-14,25-26H,1-6,11-12,15-18H2. The van der Waals surface area contributed by atoms with Gasteiger partial charge in [0.2, 0.25) is 13.6 Å². The van der Waals surface area contributed by atoms with Gasteiger partial charge in [0, 0.05) is 13.1 Å². The van der Waals surface area contributed by atoms with E-state index in [2.05, 4.69) is 34.9 Å². The number of fused-ring (bicyclic) bond motifs is 2. The van der Waals surface area contributed by atoms with E-state index < -0.39 is 0 Å². The molecule has 2 N–H and O–H groups in total. The molecule has 0 saturated carbocycles. The average Bonchev–Trinajstić information content (AvgIpc) is 3.42. The largest absolute Gasteiger partial charge is 0.454 e. The minimum Gasteiger partial charge on any atom is -0.454 e. The first kappa shape index (κ1) is 20.8. The van der Waals surface area contributed by atoms with Gasteiger partial charge in [0.15, 0.2) is 23.0 Å². The Morgan fingerprint density at radius 2 is 0.967 bits per heavy atom. The van der Waals surface area contributed by atoms with Crippen LogP contribution in [0.25, 0.3) is 0 Å². The highest BCUT2D eigenvalue weighted by Crippen LogP contribution is 2.33. The smallest absolute Gasteiger partial charge is 0.231 e. The molecular formula is C24H32N2O4. The van der Waals surface area contributed by atoms with E-state index in [-0.39, 0.29) is 0 Å². The van der Waals surface area contributed by atoms with Crippen molar-refractivity contribution in [3.63, 3.8) is 0 Å². The Morgan fingerprint density at radius 3 is 1.47 bits per heavy atom. The SMILES string of the molecule is c1cc2c(cc1CNCCCCCCCCNCc1ccc3c(c1)OCO3)OCO2. The molecule has 162 valence electrons. The van der Waals surface area contributed by atoms with Gasteiger partial charge in [0.05, 0.1) is 0 Å². The summed E-state index contributed by atoms with van der Waals surface area (Å²) in [6.45, 7) is 4.55. The molecule has 30 heavy (non-hydrogen) atoms. The zero-order valence-electron chi connectivity index (χ0n) is 17.6. The number of ether oxygens (including phenoxy) is 4. The van der Waals surface area contributed by atoms with E-state index in [1.54, 1.807) is 0 Å². The summed E-state index contributed by atoms with van der Waals surface area (Å²) in [5, 5.41) is 7.04. The molecule has 4 rings (SSSR count). The Kier molecular flexibility index (Phi) is 7.69. The van der Waals surface area contributed by atoms with Crippen LogP contribution in [0.3, 0.4) is 0 Å². The Hall–Kier alpha value is -2.44. The van der Waals surface area contributed by atoms with Gasteiger partial charge in [0.1, 0.15) is 0 Å². The lowest BCUT2D eigenvalue weighted by atomic mass is 10.1. The molecule has 0 unspecified atom stereocenters. The molecule has 0 aromatic heterocycles. The number of hydrogen-bond acceptors (Lipinski definition) is 6. The Balaban J connectivity index is 0.955. The maximum Gasteiger partial charge on any atom is 0.231 e. The molecule has 2 aliphatic heterocycles. The summed E-state index contributed by atoms with van der Waals surface area (Å²) >= 11 is 0. The first-order chi connectivity index (χ1) is 14.9. The van der Waals surface area contributed by atoms with Crippen LogP contribution in [0.1, 0.15) is 49.7 Å². The third-order valence-electron chi connectivity index (χ3n) is 5.49. The molecular weight excluding hydrogens is 380 g/mol. The van der Waals surface area contributed by atoms with Gasteiger partial charge in [-0.05, 0) is 61.3 Å². The van der Waals surface area contributed by atoms with E-state index in [4.69, 9.17) is 18.9 Å². The van der Waals surface area contributed by atoms with Crippen LogP contribution in [0.2, 0.25) is 0 Å². The summed E-state index contributed by atoms with van der Waals surface area (Å²) < 4.78 is 21.5. The average molecular weight is 413 g/mol. The molecule has 0 aliphatic carbocycles. The minimum atomic E-state index is 0.335. The molecule has 2 aromatic rings. The van der Waals surface area contributed by atoms with E-state index in [9.17, 15) is 0 Å². The van der Waals surface area contributed by atoms with Crippen molar-refractivity contribution in [3.05, 3.63) is 47.5 Å². The minimum absolute atomic E-state index is 0.335. The second kappa shape index (κ2) is 11.1. The lowest BCUT2D eigenvalue weighted by Crippen LogP contribution is -2.15. The number of nitrogens with one attached hydrogen (secondary N) is 2. The lowest BCUT2D eigenvalue weighted by molar-refractivity contribution is 0.173. The van der Waals surface area contributed by atoms with Crippen LogP contribution in [0.5, 0.6) is 23.0 Å². The first-order valence-electron chi connectivity index (χ1n) is 11.1. The van der Waals surface area contributed by atoms with E-state index in [0.29, 0.717) is 13.6 Å². The van der Waals surface area contributed by atoms with Crippen molar-refractivity contribution >= 4 is 0 Å². The number of hydrogen-bond donors (Lipinski definition) is 2. The van der Waals surface area contributed by atoms with Crippen LogP contribution in [-0.2, 0) is 13.1 Å². The zero-order valence-corrected chi connectivity index (χ0v) is 17.6. The second-order valence-corrected chi connectivity index (χ2v) is 7.85. The van der Waals surface area contributed by atoms with Crippen LogP contribution in [0.15, 0.2) is 36.4 Å².